The van der Waals surface area contributed by atoms with E-state index in [0.717, 1.165) is 16.7 Å². The van der Waals surface area contributed by atoms with Gasteiger partial charge in [-0.15, -0.1) is 0 Å². The molecule has 10 heteroatoms. The Balaban J connectivity index is 1.33. The highest BCUT2D eigenvalue weighted by Gasteiger charge is 2.71. The highest BCUT2D eigenvalue weighted by Crippen LogP contribution is 2.54. The van der Waals surface area contributed by atoms with Crippen molar-refractivity contribution in [1.29, 1.82) is 0 Å². The summed E-state index contributed by atoms with van der Waals surface area (Å²) in [6, 6.07) is 37.2. The van der Waals surface area contributed by atoms with Crippen LogP contribution in [-0.4, -0.2) is 48.8 Å². The summed E-state index contributed by atoms with van der Waals surface area (Å²) < 4.78 is 69.1. The number of hydrogen-bond donors (Lipinski definition) is 1. The largest absolute Gasteiger partial charge is 0.494 e. The third kappa shape index (κ3) is 7.48. The van der Waals surface area contributed by atoms with Crippen LogP contribution in [0, 0.1) is 11.6 Å². The van der Waals surface area contributed by atoms with Crippen LogP contribution in [0.25, 0.3) is 0 Å². The van der Waals surface area contributed by atoms with Crippen molar-refractivity contribution in [3.05, 3.63) is 171 Å². The maximum absolute atomic E-state index is 15.2. The molecule has 5 aromatic rings. The summed E-state index contributed by atoms with van der Waals surface area (Å²) >= 11 is 6.72. The van der Waals surface area contributed by atoms with Gasteiger partial charge in [-0.2, -0.15) is 4.39 Å². The molecule has 2 aliphatic rings. The van der Waals surface area contributed by atoms with E-state index >= 15 is 4.39 Å². The van der Waals surface area contributed by atoms with Crippen LogP contribution < -0.4 is 4.74 Å². The Morgan fingerprint density at radius 3 is 1.87 bits per heavy atom. The Bertz CT molecular complexity index is 1980. The van der Waals surface area contributed by atoms with Gasteiger partial charge in [0, 0.05) is 17.0 Å². The number of hydrogen-bond acceptors (Lipinski definition) is 7. The second-order valence-electron chi connectivity index (χ2n) is 13.4. The van der Waals surface area contributed by atoms with Gasteiger partial charge in [-0.05, 0) is 52.9 Å². The molecule has 0 aromatic heterocycles. The minimum Gasteiger partial charge on any atom is -0.494 e. The predicted octanol–water partition coefficient (Wildman–Crippen LogP) is 8.31. The highest BCUT2D eigenvalue weighted by molar-refractivity contribution is 6.31. The first-order valence-corrected chi connectivity index (χ1v) is 17.9. The molecule has 0 saturated carbocycles. The zero-order valence-corrected chi connectivity index (χ0v) is 30.2. The Morgan fingerprint density at radius 1 is 0.736 bits per heavy atom. The van der Waals surface area contributed by atoms with E-state index in [4.69, 9.17) is 40.0 Å². The molecule has 5 aromatic carbocycles. The topological polar surface area (TPSA) is 75.6 Å². The molecule has 7 nitrogen and oxygen atoms in total. The standard InChI is InChI=1S/C43H41ClF2O7/c1-28(47)42-27-52-43(53-42,34-19-20-35(44)33(23-34)22-32-18-21-36(48-2)38(46)37(32)45)41(51-26-31-16-10-5-11-17-31)39(49-24-29-12-6-3-7-13-29)40(42)50-25-30-14-8-4-9-15-30/h3-21,23,28,39-41,47H,22,24-27H2,1-2H3/t28?,39-,40-,41+,42+,43-/m0/s1. The average molecular weight is 743 g/mol. The van der Waals surface area contributed by atoms with Crippen molar-refractivity contribution in [2.75, 3.05) is 13.7 Å². The molecule has 276 valence electrons. The Labute approximate surface area is 313 Å². The molecule has 0 amide bonds. The van der Waals surface area contributed by atoms with E-state index in [1.807, 2.05) is 91.0 Å². The summed E-state index contributed by atoms with van der Waals surface area (Å²) in [5.74, 6) is -3.94. The fourth-order valence-electron chi connectivity index (χ4n) is 7.15. The molecule has 0 radical (unpaired) electrons. The lowest BCUT2D eigenvalue weighted by atomic mass is 9.80. The number of aliphatic hydroxyl groups is 1. The predicted molar refractivity (Wildman–Crippen MR) is 195 cm³/mol. The maximum atomic E-state index is 15.2. The molecule has 0 spiro atoms. The second kappa shape index (κ2) is 16.0. The van der Waals surface area contributed by atoms with Crippen LogP contribution in [0.4, 0.5) is 8.78 Å². The zero-order chi connectivity index (χ0) is 37.0. The minimum atomic E-state index is -1.64. The molecule has 2 bridgehead atoms. The molecule has 53 heavy (non-hydrogen) atoms. The Morgan fingerprint density at radius 2 is 1.30 bits per heavy atom. The fraction of sp³-hybridized carbons (Fsp3) is 0.302. The lowest BCUT2D eigenvalue weighted by Gasteiger charge is -2.52. The lowest BCUT2D eigenvalue weighted by Crippen LogP contribution is -2.69. The van der Waals surface area contributed by atoms with Gasteiger partial charge in [-0.1, -0.05) is 115 Å². The summed E-state index contributed by atoms with van der Waals surface area (Å²) in [5, 5.41) is 11.9. The maximum Gasteiger partial charge on any atom is 0.225 e. The monoisotopic (exact) mass is 742 g/mol. The fourth-order valence-corrected chi connectivity index (χ4v) is 7.33. The minimum absolute atomic E-state index is 0.0384. The molecular weight excluding hydrogens is 702 g/mol. The van der Waals surface area contributed by atoms with Gasteiger partial charge in [-0.3, -0.25) is 0 Å². The third-order valence-corrected chi connectivity index (χ3v) is 10.4. The molecule has 2 fully saturated rings. The molecule has 1 N–H and O–H groups in total. The average Bonchev–Trinajstić information content (AvgIpc) is 3.55. The van der Waals surface area contributed by atoms with Crippen LogP contribution in [0.15, 0.2) is 121 Å². The van der Waals surface area contributed by atoms with Gasteiger partial charge in [0.15, 0.2) is 11.6 Å². The van der Waals surface area contributed by atoms with Crippen LogP contribution in [0.5, 0.6) is 5.75 Å². The van der Waals surface area contributed by atoms with Crippen molar-refractivity contribution < 1.29 is 42.3 Å². The Hall–Kier alpha value is -4.19. The van der Waals surface area contributed by atoms with Crippen LogP contribution in [0.1, 0.15) is 40.3 Å². The van der Waals surface area contributed by atoms with E-state index < -0.39 is 47.4 Å². The van der Waals surface area contributed by atoms with Crippen LogP contribution in [0.3, 0.4) is 0 Å². The third-order valence-electron chi connectivity index (χ3n) is 10.0. The van der Waals surface area contributed by atoms with E-state index in [1.54, 1.807) is 25.1 Å². The highest BCUT2D eigenvalue weighted by atomic mass is 35.5. The number of rotatable bonds is 14. The Kier molecular flexibility index (Phi) is 11.2. The van der Waals surface area contributed by atoms with Crippen molar-refractivity contribution in [3.63, 3.8) is 0 Å². The summed E-state index contributed by atoms with van der Waals surface area (Å²) in [6.45, 7) is 2.18. The zero-order valence-electron chi connectivity index (χ0n) is 29.4. The van der Waals surface area contributed by atoms with Gasteiger partial charge in [0.25, 0.3) is 0 Å². The summed E-state index contributed by atoms with van der Waals surface area (Å²) in [4.78, 5) is 0. The van der Waals surface area contributed by atoms with E-state index in [1.165, 1.54) is 19.2 Å². The molecule has 1 unspecified atom stereocenters. The SMILES string of the molecule is COc1ccc(Cc2cc([C@]34OC[C@](C(C)O)(O3)[C@@H](OCc3ccccc3)[C@H](OCc3ccccc3)[C@H]4OCc3ccccc3)ccc2Cl)c(F)c1F. The summed E-state index contributed by atoms with van der Waals surface area (Å²) in [6.07, 6.45) is -3.76. The van der Waals surface area contributed by atoms with Gasteiger partial charge in [-0.25, -0.2) is 4.39 Å². The van der Waals surface area contributed by atoms with Crippen molar-refractivity contribution in [2.24, 2.45) is 0 Å². The van der Waals surface area contributed by atoms with E-state index in [-0.39, 0.29) is 44.2 Å². The van der Waals surface area contributed by atoms with Crippen LogP contribution in [-0.2, 0) is 55.7 Å². The van der Waals surface area contributed by atoms with E-state index in [2.05, 4.69) is 0 Å². The quantitative estimate of drug-likeness (QED) is 0.123. The number of halogens is 3. The molecule has 2 aliphatic heterocycles. The number of methoxy groups -OCH3 is 1. The van der Waals surface area contributed by atoms with E-state index in [0.29, 0.717) is 16.1 Å². The molecule has 2 saturated heterocycles. The van der Waals surface area contributed by atoms with Gasteiger partial charge < -0.3 is 33.5 Å². The van der Waals surface area contributed by atoms with Crippen molar-refractivity contribution in [2.45, 2.75) is 69.0 Å². The number of fused-ring (bicyclic) bond motifs is 2. The smallest absolute Gasteiger partial charge is 0.225 e. The van der Waals surface area contributed by atoms with Crippen molar-refractivity contribution >= 4 is 11.6 Å². The molecule has 6 atom stereocenters. The van der Waals surface area contributed by atoms with E-state index in [9.17, 15) is 9.50 Å². The molecule has 2 heterocycles. The summed E-state index contributed by atoms with van der Waals surface area (Å²) in [5.41, 5.74) is 2.45. The van der Waals surface area contributed by atoms with Gasteiger partial charge in [0.2, 0.25) is 11.6 Å². The number of ether oxygens (including phenoxy) is 6. The first kappa shape index (κ1) is 37.1. The molecule has 0 aliphatic carbocycles. The lowest BCUT2D eigenvalue weighted by molar-refractivity contribution is -0.359. The van der Waals surface area contributed by atoms with Crippen molar-refractivity contribution in [3.8, 4) is 5.75 Å². The normalized spacial score (nSPS) is 24.2. The number of benzene rings is 5. The molecule has 7 rings (SSSR count). The van der Waals surface area contributed by atoms with Gasteiger partial charge in [0.05, 0.1) is 39.6 Å². The second-order valence-corrected chi connectivity index (χ2v) is 13.8. The summed E-state index contributed by atoms with van der Waals surface area (Å²) in [7, 11) is 1.28. The number of aliphatic hydroxyl groups excluding tert-OH is 1. The van der Waals surface area contributed by atoms with Crippen LogP contribution >= 0.6 is 11.6 Å². The van der Waals surface area contributed by atoms with Crippen molar-refractivity contribution in [1.82, 2.24) is 0 Å². The first-order valence-electron chi connectivity index (χ1n) is 17.5. The van der Waals surface area contributed by atoms with Gasteiger partial charge >= 0.3 is 0 Å². The van der Waals surface area contributed by atoms with Crippen LogP contribution in [0.2, 0.25) is 5.02 Å². The first-order chi connectivity index (χ1) is 25.7. The van der Waals surface area contributed by atoms with Gasteiger partial charge in [0.1, 0.15) is 23.9 Å². The molecular formula is C43H41ClF2O7.